The summed E-state index contributed by atoms with van der Waals surface area (Å²) in [5.74, 6) is 0.201. The van der Waals surface area contributed by atoms with Gasteiger partial charge < -0.3 is 20.1 Å². The Hall–Kier alpha value is -2.08. The molecule has 0 saturated heterocycles. The predicted octanol–water partition coefficient (Wildman–Crippen LogP) is 3.50. The van der Waals surface area contributed by atoms with Gasteiger partial charge in [-0.05, 0) is 49.4 Å². The van der Waals surface area contributed by atoms with Crippen LogP contribution in [0.3, 0.4) is 0 Å². The fourth-order valence-electron chi connectivity index (χ4n) is 3.12. The van der Waals surface area contributed by atoms with Crippen molar-refractivity contribution >= 4 is 17.7 Å². The van der Waals surface area contributed by atoms with Crippen molar-refractivity contribution in [1.29, 1.82) is 0 Å². The summed E-state index contributed by atoms with van der Waals surface area (Å²) in [6.07, 6.45) is 5.16. The van der Waals surface area contributed by atoms with Crippen molar-refractivity contribution in [2.24, 2.45) is 5.92 Å². The SMILES string of the molecule is COC(=O)c1ccc(NC(=O)NCCO[C@H]2CCCC[C@@H]2C)c(C)c1. The van der Waals surface area contributed by atoms with Crippen LogP contribution in [-0.2, 0) is 9.47 Å². The molecule has 2 atom stereocenters. The van der Waals surface area contributed by atoms with E-state index in [4.69, 9.17) is 4.74 Å². The van der Waals surface area contributed by atoms with Gasteiger partial charge >= 0.3 is 12.0 Å². The molecule has 0 radical (unpaired) electrons. The number of ether oxygens (including phenoxy) is 2. The van der Waals surface area contributed by atoms with E-state index in [9.17, 15) is 9.59 Å². The highest BCUT2D eigenvalue weighted by molar-refractivity contribution is 5.93. The third-order valence-corrected chi connectivity index (χ3v) is 4.65. The number of methoxy groups -OCH3 is 1. The van der Waals surface area contributed by atoms with Gasteiger partial charge in [-0.25, -0.2) is 9.59 Å². The largest absolute Gasteiger partial charge is 0.465 e. The van der Waals surface area contributed by atoms with Crippen LogP contribution in [-0.4, -0.2) is 38.4 Å². The van der Waals surface area contributed by atoms with Gasteiger partial charge in [-0.1, -0.05) is 19.8 Å². The zero-order chi connectivity index (χ0) is 18.2. The molecule has 0 bridgehead atoms. The molecule has 1 aliphatic rings. The van der Waals surface area contributed by atoms with Gasteiger partial charge in [0.25, 0.3) is 0 Å². The lowest BCUT2D eigenvalue weighted by Crippen LogP contribution is -2.34. The highest BCUT2D eigenvalue weighted by Crippen LogP contribution is 2.26. The lowest BCUT2D eigenvalue weighted by Gasteiger charge is -2.28. The van der Waals surface area contributed by atoms with Crippen molar-refractivity contribution in [2.45, 2.75) is 45.6 Å². The van der Waals surface area contributed by atoms with Crippen LogP contribution in [0.5, 0.6) is 0 Å². The molecule has 0 aliphatic heterocycles. The normalized spacial score (nSPS) is 20.0. The number of benzene rings is 1. The van der Waals surface area contributed by atoms with E-state index in [1.165, 1.54) is 26.4 Å². The van der Waals surface area contributed by atoms with Crippen molar-refractivity contribution in [3.05, 3.63) is 29.3 Å². The molecule has 1 aliphatic carbocycles. The van der Waals surface area contributed by atoms with E-state index >= 15 is 0 Å². The highest BCUT2D eigenvalue weighted by atomic mass is 16.5. The summed E-state index contributed by atoms with van der Waals surface area (Å²) < 4.78 is 10.6. The summed E-state index contributed by atoms with van der Waals surface area (Å²) in [5, 5.41) is 5.58. The molecule has 1 saturated carbocycles. The molecule has 1 aromatic rings. The molecular weight excluding hydrogens is 320 g/mol. The van der Waals surface area contributed by atoms with Crippen LogP contribution < -0.4 is 10.6 Å². The molecular formula is C19H28N2O4. The Morgan fingerprint density at radius 3 is 2.68 bits per heavy atom. The van der Waals surface area contributed by atoms with Crippen LogP contribution in [0.2, 0.25) is 0 Å². The Kier molecular flexibility index (Phi) is 7.25. The fourth-order valence-corrected chi connectivity index (χ4v) is 3.12. The van der Waals surface area contributed by atoms with Gasteiger partial charge in [0.2, 0.25) is 0 Å². The van der Waals surface area contributed by atoms with Gasteiger partial charge in [-0.2, -0.15) is 0 Å². The standard InChI is InChI=1S/C19H28N2O4/c1-13-6-4-5-7-17(13)25-11-10-20-19(23)21-16-9-8-15(12-14(16)2)18(22)24-3/h8-9,12-13,17H,4-7,10-11H2,1-3H3,(H2,20,21,23)/t13-,17-/m0/s1. The molecule has 2 amide bonds. The van der Waals surface area contributed by atoms with Crippen molar-refractivity contribution < 1.29 is 19.1 Å². The Labute approximate surface area is 149 Å². The number of urea groups is 1. The van der Waals surface area contributed by atoms with E-state index in [1.807, 2.05) is 6.92 Å². The van der Waals surface area contributed by atoms with E-state index < -0.39 is 5.97 Å². The number of anilines is 1. The minimum absolute atomic E-state index is 0.283. The number of hydrogen-bond donors (Lipinski definition) is 2. The van der Waals surface area contributed by atoms with Crippen molar-refractivity contribution in [1.82, 2.24) is 5.32 Å². The number of aryl methyl sites for hydroxylation is 1. The summed E-state index contributed by atoms with van der Waals surface area (Å²) in [6, 6.07) is 4.73. The number of carbonyl (C=O) groups is 2. The molecule has 2 N–H and O–H groups in total. The topological polar surface area (TPSA) is 76.7 Å². The Morgan fingerprint density at radius 2 is 2.00 bits per heavy atom. The molecule has 2 rings (SSSR count). The second kappa shape index (κ2) is 9.42. The molecule has 0 unspecified atom stereocenters. The van der Waals surface area contributed by atoms with Crippen LogP contribution in [0.15, 0.2) is 18.2 Å². The molecule has 1 fully saturated rings. The van der Waals surface area contributed by atoms with Crippen LogP contribution in [0, 0.1) is 12.8 Å². The van der Waals surface area contributed by atoms with Crippen molar-refractivity contribution in [3.63, 3.8) is 0 Å². The summed E-state index contributed by atoms with van der Waals surface area (Å²) in [4.78, 5) is 23.5. The maximum absolute atomic E-state index is 12.0. The van der Waals surface area contributed by atoms with Crippen LogP contribution in [0.4, 0.5) is 10.5 Å². The minimum Gasteiger partial charge on any atom is -0.465 e. The third kappa shape index (κ3) is 5.74. The number of rotatable bonds is 6. The van der Waals surface area contributed by atoms with E-state index in [0.717, 1.165) is 12.0 Å². The zero-order valence-corrected chi connectivity index (χ0v) is 15.3. The van der Waals surface area contributed by atoms with E-state index in [0.29, 0.717) is 36.4 Å². The van der Waals surface area contributed by atoms with E-state index in [2.05, 4.69) is 22.3 Å². The monoisotopic (exact) mass is 348 g/mol. The van der Waals surface area contributed by atoms with Crippen LogP contribution in [0.1, 0.15) is 48.5 Å². The van der Waals surface area contributed by atoms with Gasteiger partial charge in [0.05, 0.1) is 25.4 Å². The second-order valence-corrected chi connectivity index (χ2v) is 6.57. The molecule has 6 heteroatoms. The molecule has 0 aromatic heterocycles. The highest BCUT2D eigenvalue weighted by Gasteiger charge is 2.21. The van der Waals surface area contributed by atoms with E-state index in [1.54, 1.807) is 18.2 Å². The molecule has 25 heavy (non-hydrogen) atoms. The Bertz CT molecular complexity index is 603. The van der Waals surface area contributed by atoms with Gasteiger partial charge in [0.1, 0.15) is 0 Å². The summed E-state index contributed by atoms with van der Waals surface area (Å²) >= 11 is 0. The smallest absolute Gasteiger partial charge is 0.337 e. The van der Waals surface area contributed by atoms with Crippen molar-refractivity contribution in [2.75, 3.05) is 25.6 Å². The Morgan fingerprint density at radius 1 is 1.24 bits per heavy atom. The molecule has 0 heterocycles. The number of nitrogens with one attached hydrogen (secondary N) is 2. The predicted molar refractivity (Wildman–Crippen MR) is 96.9 cm³/mol. The average Bonchev–Trinajstić information content (AvgIpc) is 2.61. The maximum atomic E-state index is 12.0. The fraction of sp³-hybridized carbons (Fsp3) is 0.579. The molecule has 6 nitrogen and oxygen atoms in total. The lowest BCUT2D eigenvalue weighted by molar-refractivity contribution is -0.00232. The summed E-state index contributed by atoms with van der Waals surface area (Å²) in [7, 11) is 1.34. The number of hydrogen-bond acceptors (Lipinski definition) is 4. The molecule has 0 spiro atoms. The minimum atomic E-state index is -0.395. The Balaban J connectivity index is 1.74. The first-order valence-electron chi connectivity index (χ1n) is 8.86. The number of esters is 1. The lowest BCUT2D eigenvalue weighted by atomic mass is 9.88. The third-order valence-electron chi connectivity index (χ3n) is 4.65. The number of amides is 2. The van der Waals surface area contributed by atoms with Crippen LogP contribution in [0.25, 0.3) is 0 Å². The van der Waals surface area contributed by atoms with Gasteiger partial charge in [0.15, 0.2) is 0 Å². The van der Waals surface area contributed by atoms with Gasteiger partial charge in [-0.3, -0.25) is 0 Å². The van der Waals surface area contributed by atoms with E-state index in [-0.39, 0.29) is 6.03 Å². The first kappa shape index (κ1) is 19.2. The molecule has 1 aromatic carbocycles. The van der Waals surface area contributed by atoms with Crippen molar-refractivity contribution in [3.8, 4) is 0 Å². The van der Waals surface area contributed by atoms with Gasteiger partial charge in [0, 0.05) is 12.2 Å². The second-order valence-electron chi connectivity index (χ2n) is 6.57. The maximum Gasteiger partial charge on any atom is 0.337 e. The summed E-state index contributed by atoms with van der Waals surface area (Å²) in [6.45, 7) is 5.04. The zero-order valence-electron chi connectivity index (χ0n) is 15.3. The van der Waals surface area contributed by atoms with Gasteiger partial charge in [-0.15, -0.1) is 0 Å². The van der Waals surface area contributed by atoms with Crippen LogP contribution >= 0.6 is 0 Å². The average molecular weight is 348 g/mol. The quantitative estimate of drug-likeness (QED) is 0.609. The first-order valence-corrected chi connectivity index (χ1v) is 8.86. The molecule has 138 valence electrons. The summed E-state index contributed by atoms with van der Waals surface area (Å²) in [5.41, 5.74) is 1.92. The number of carbonyl (C=O) groups excluding carboxylic acids is 2. The first-order chi connectivity index (χ1) is 12.0.